The van der Waals surface area contributed by atoms with E-state index in [0.717, 1.165) is 0 Å². The molecule has 0 N–H and O–H groups in total. The molecule has 4 heavy (non-hydrogen) atoms. The molecule has 26 valence electrons. The second-order valence-corrected chi connectivity index (χ2v) is 0.455. The Labute approximate surface area is 43.4 Å². The minimum atomic E-state index is -2.00. The SMILES string of the molecule is [O]=[Ir]=[O].[V]. The standard InChI is InChI=1S/Ir.2O.V. The van der Waals surface area contributed by atoms with Crippen molar-refractivity contribution in [1.82, 2.24) is 0 Å². The van der Waals surface area contributed by atoms with Gasteiger partial charge in [0.05, 0.1) is 0 Å². The van der Waals surface area contributed by atoms with Gasteiger partial charge in [-0.1, -0.05) is 0 Å². The van der Waals surface area contributed by atoms with Gasteiger partial charge in [0, 0.05) is 18.6 Å². The molecular weight excluding hydrogens is 275 g/mol. The van der Waals surface area contributed by atoms with Crippen LogP contribution < -0.4 is 0 Å². The Bertz CT molecular complexity index is 27.0. The van der Waals surface area contributed by atoms with E-state index in [2.05, 4.69) is 0 Å². The Hall–Kier alpha value is 0.834. The van der Waals surface area contributed by atoms with Crippen molar-refractivity contribution in [1.29, 1.82) is 0 Å². The van der Waals surface area contributed by atoms with Crippen molar-refractivity contribution >= 4 is 0 Å². The van der Waals surface area contributed by atoms with E-state index in [1.165, 1.54) is 0 Å². The van der Waals surface area contributed by atoms with Gasteiger partial charge in [0.2, 0.25) is 0 Å². The first-order chi connectivity index (χ1) is 1.41. The predicted molar refractivity (Wildman–Crippen MR) is 1.37 cm³/mol. The monoisotopic (exact) mass is 276 g/mol. The summed E-state index contributed by atoms with van der Waals surface area (Å²) in [5.41, 5.74) is 0. The summed E-state index contributed by atoms with van der Waals surface area (Å²) in [4.78, 5) is 0. The van der Waals surface area contributed by atoms with E-state index < -0.39 is 17.6 Å². The number of hydrogen-bond acceptors (Lipinski definition) is 2. The van der Waals surface area contributed by atoms with Crippen LogP contribution in [0.3, 0.4) is 0 Å². The molecule has 2 nitrogen and oxygen atoms in total. The van der Waals surface area contributed by atoms with Gasteiger partial charge in [0.15, 0.2) is 0 Å². The molecule has 0 aliphatic rings. The summed E-state index contributed by atoms with van der Waals surface area (Å²) in [6.07, 6.45) is 0. The van der Waals surface area contributed by atoms with Gasteiger partial charge in [-0.05, 0) is 0 Å². The Morgan fingerprint density at radius 3 is 1.25 bits per heavy atom. The number of hydrogen-bond donors (Lipinski definition) is 0. The minimum Gasteiger partial charge on any atom is 0 e. The summed E-state index contributed by atoms with van der Waals surface area (Å²) >= 11 is -2.00. The van der Waals surface area contributed by atoms with Crippen LogP contribution in [-0.4, -0.2) is 0 Å². The molecule has 0 rings (SSSR count). The van der Waals surface area contributed by atoms with Crippen LogP contribution in [0.1, 0.15) is 0 Å². The van der Waals surface area contributed by atoms with Crippen LogP contribution >= 0.6 is 0 Å². The van der Waals surface area contributed by atoms with E-state index in [4.69, 9.17) is 7.01 Å². The number of rotatable bonds is 0. The van der Waals surface area contributed by atoms with E-state index in [1.54, 1.807) is 0 Å². The average molecular weight is 275 g/mol. The van der Waals surface area contributed by atoms with Crippen LogP contribution in [-0.2, 0) is 43.2 Å². The van der Waals surface area contributed by atoms with Crippen molar-refractivity contribution in [3.63, 3.8) is 0 Å². The molecule has 0 heterocycles. The summed E-state index contributed by atoms with van der Waals surface area (Å²) in [5.74, 6) is 0. The second-order valence-electron chi connectivity index (χ2n) is 0.0556. The molecule has 0 amide bonds. The fourth-order valence-electron chi connectivity index (χ4n) is 0. The summed E-state index contributed by atoms with van der Waals surface area (Å²) < 4.78 is 17.0. The molecule has 0 spiro atoms. The first-order valence-electron chi connectivity index (χ1n) is 0.272. The molecule has 0 unspecified atom stereocenters. The first kappa shape index (κ1) is 8.85. The average Bonchev–Trinajstić information content (AvgIpc) is 0.918. The zero-order valence-electron chi connectivity index (χ0n) is 1.60. The molecule has 4 heteroatoms. The molecule has 0 bridgehead atoms. The molecule has 0 aromatic heterocycles. The Kier molecular flexibility index (Phi) is 20.2. The molecule has 0 aromatic rings. The summed E-state index contributed by atoms with van der Waals surface area (Å²) in [6.45, 7) is 0. The van der Waals surface area contributed by atoms with Gasteiger partial charge in [-0.15, -0.1) is 0 Å². The van der Waals surface area contributed by atoms with Gasteiger partial charge in [-0.25, -0.2) is 0 Å². The van der Waals surface area contributed by atoms with Crippen LogP contribution in [0.25, 0.3) is 0 Å². The summed E-state index contributed by atoms with van der Waals surface area (Å²) in [5, 5.41) is 0. The van der Waals surface area contributed by atoms with Crippen molar-refractivity contribution in [3.05, 3.63) is 0 Å². The van der Waals surface area contributed by atoms with Gasteiger partial charge in [0.1, 0.15) is 0 Å². The Morgan fingerprint density at radius 2 is 1.25 bits per heavy atom. The zero-order chi connectivity index (χ0) is 2.71. The van der Waals surface area contributed by atoms with Crippen LogP contribution in [0.2, 0.25) is 0 Å². The molecule has 0 saturated carbocycles. The summed E-state index contributed by atoms with van der Waals surface area (Å²) in [6, 6.07) is 0. The third kappa shape index (κ3) is 13.7. The van der Waals surface area contributed by atoms with E-state index in [1.807, 2.05) is 0 Å². The van der Waals surface area contributed by atoms with Gasteiger partial charge < -0.3 is 0 Å². The quantitative estimate of drug-likeness (QED) is 0.611. The largest absolute Gasteiger partial charge is 0 e. The van der Waals surface area contributed by atoms with E-state index >= 15 is 0 Å². The van der Waals surface area contributed by atoms with E-state index in [0.29, 0.717) is 0 Å². The molecule has 0 aromatic carbocycles. The maximum Gasteiger partial charge on any atom is 0 e. The predicted octanol–water partition coefficient (Wildman–Crippen LogP) is -0.243. The second kappa shape index (κ2) is 9.16. The van der Waals surface area contributed by atoms with Crippen LogP contribution in [0.4, 0.5) is 0 Å². The first-order valence-corrected chi connectivity index (χ1v) is 2.23. The van der Waals surface area contributed by atoms with Crippen LogP contribution in [0.15, 0.2) is 0 Å². The smallest absolute Gasteiger partial charge is 0 e. The zero-order valence-corrected chi connectivity index (χ0v) is 5.39. The van der Waals surface area contributed by atoms with Crippen molar-refractivity contribution in [2.24, 2.45) is 0 Å². The van der Waals surface area contributed by atoms with E-state index in [9.17, 15) is 0 Å². The minimum absolute atomic E-state index is 0. The van der Waals surface area contributed by atoms with Gasteiger partial charge >= 0.3 is 24.6 Å². The maximum atomic E-state index is 8.50. The topological polar surface area (TPSA) is 34.1 Å². The normalized spacial score (nSPS) is 4.00. The maximum absolute atomic E-state index is 8.50. The van der Waals surface area contributed by atoms with Gasteiger partial charge in [-0.3, -0.25) is 0 Å². The molecule has 0 saturated heterocycles. The molecule has 0 aliphatic heterocycles. The molecule has 0 atom stereocenters. The third-order valence-electron chi connectivity index (χ3n) is 0. The molecular formula is IrO2V. The van der Waals surface area contributed by atoms with Crippen LogP contribution in [0, 0.1) is 0 Å². The van der Waals surface area contributed by atoms with Crippen molar-refractivity contribution in [2.75, 3.05) is 0 Å². The van der Waals surface area contributed by atoms with Crippen molar-refractivity contribution < 1.29 is 43.2 Å². The third-order valence-corrected chi connectivity index (χ3v) is 0. The van der Waals surface area contributed by atoms with Crippen molar-refractivity contribution in [3.8, 4) is 0 Å². The van der Waals surface area contributed by atoms with Gasteiger partial charge in [0.25, 0.3) is 0 Å². The fraction of sp³-hybridized carbons (Fsp3) is 0. The fourth-order valence-corrected chi connectivity index (χ4v) is 0. The molecule has 0 fully saturated rings. The molecule has 0 aliphatic carbocycles. The summed E-state index contributed by atoms with van der Waals surface area (Å²) in [7, 11) is 0. The Morgan fingerprint density at radius 1 is 1.25 bits per heavy atom. The van der Waals surface area contributed by atoms with E-state index in [-0.39, 0.29) is 18.6 Å². The van der Waals surface area contributed by atoms with Crippen LogP contribution in [0.5, 0.6) is 0 Å². The Balaban J connectivity index is 0. The van der Waals surface area contributed by atoms with Crippen molar-refractivity contribution in [2.45, 2.75) is 0 Å². The van der Waals surface area contributed by atoms with Gasteiger partial charge in [-0.2, -0.15) is 0 Å². The molecule has 1 radical (unpaired) electrons.